The lowest BCUT2D eigenvalue weighted by Gasteiger charge is -2.41. The molecule has 0 amide bonds. The van der Waals surface area contributed by atoms with Crippen molar-refractivity contribution < 1.29 is 8.42 Å². The Labute approximate surface area is 128 Å². The van der Waals surface area contributed by atoms with Gasteiger partial charge in [-0.2, -0.15) is 0 Å². The van der Waals surface area contributed by atoms with E-state index in [9.17, 15) is 8.42 Å². The highest BCUT2D eigenvalue weighted by atomic mass is 32.2. The van der Waals surface area contributed by atoms with E-state index < -0.39 is 10.0 Å². The molecule has 21 heavy (non-hydrogen) atoms. The van der Waals surface area contributed by atoms with Gasteiger partial charge in [-0.15, -0.1) is 0 Å². The Bertz CT molecular complexity index is 581. The summed E-state index contributed by atoms with van der Waals surface area (Å²) in [6.45, 7) is 6.86. The molecule has 0 spiro atoms. The van der Waals surface area contributed by atoms with Crippen LogP contribution in [0.4, 0.5) is 0 Å². The summed E-state index contributed by atoms with van der Waals surface area (Å²) >= 11 is 0. The second kappa shape index (κ2) is 6.10. The minimum absolute atomic E-state index is 0.217. The molecule has 120 valence electrons. The summed E-state index contributed by atoms with van der Waals surface area (Å²) in [6.07, 6.45) is 5.53. The average Bonchev–Trinajstić information content (AvgIpc) is 2.74. The van der Waals surface area contributed by atoms with E-state index in [2.05, 4.69) is 23.9 Å². The van der Waals surface area contributed by atoms with E-state index in [4.69, 9.17) is 0 Å². The van der Waals surface area contributed by atoms with Gasteiger partial charge in [0.2, 0.25) is 10.0 Å². The Morgan fingerprint density at radius 2 is 2.05 bits per heavy atom. The maximum absolute atomic E-state index is 12.6. The smallest absolute Gasteiger partial charge is 0.242 e. The fraction of sp³-hybridized carbons (Fsp3) is 0.733. The summed E-state index contributed by atoms with van der Waals surface area (Å²) in [4.78, 5) is 0.366. The Balaban J connectivity index is 2.15. The molecule has 1 fully saturated rings. The Morgan fingerprint density at radius 3 is 2.52 bits per heavy atom. The monoisotopic (exact) mass is 313 g/mol. The van der Waals surface area contributed by atoms with Crippen molar-refractivity contribution in [3.63, 3.8) is 0 Å². The number of sulfonamides is 1. The van der Waals surface area contributed by atoms with Crippen molar-refractivity contribution in [2.75, 3.05) is 0 Å². The van der Waals surface area contributed by atoms with Gasteiger partial charge in [-0.05, 0) is 31.7 Å². The highest BCUT2D eigenvalue weighted by Crippen LogP contribution is 2.36. The quantitative estimate of drug-likeness (QED) is 0.810. The van der Waals surface area contributed by atoms with E-state index >= 15 is 0 Å². The second-order valence-corrected chi connectivity index (χ2v) is 8.09. The van der Waals surface area contributed by atoms with Crippen LogP contribution < -0.4 is 10.0 Å². The minimum atomic E-state index is -3.43. The highest BCUT2D eigenvalue weighted by molar-refractivity contribution is 7.89. The lowest BCUT2D eigenvalue weighted by molar-refractivity contribution is 0.214. The van der Waals surface area contributed by atoms with Gasteiger partial charge in [0.15, 0.2) is 0 Å². The zero-order chi connectivity index (χ0) is 15.7. The van der Waals surface area contributed by atoms with Gasteiger partial charge < -0.3 is 9.88 Å². The van der Waals surface area contributed by atoms with Gasteiger partial charge in [-0.1, -0.05) is 20.8 Å². The molecule has 1 aromatic rings. The van der Waals surface area contributed by atoms with Crippen molar-refractivity contribution in [2.45, 2.75) is 69.5 Å². The minimum Gasteiger partial charge on any atom is -0.352 e. The van der Waals surface area contributed by atoms with E-state index in [0.29, 0.717) is 17.5 Å². The van der Waals surface area contributed by atoms with E-state index in [-0.39, 0.29) is 5.54 Å². The van der Waals surface area contributed by atoms with Crippen LogP contribution in [0, 0.1) is 0 Å². The van der Waals surface area contributed by atoms with E-state index in [1.54, 1.807) is 12.3 Å². The maximum Gasteiger partial charge on any atom is 0.242 e. The van der Waals surface area contributed by atoms with Crippen LogP contribution in [0.15, 0.2) is 17.2 Å². The van der Waals surface area contributed by atoms with Crippen molar-refractivity contribution in [2.24, 2.45) is 7.05 Å². The second-order valence-electron chi connectivity index (χ2n) is 6.41. The third kappa shape index (κ3) is 3.67. The van der Waals surface area contributed by atoms with Crippen molar-refractivity contribution in [1.29, 1.82) is 0 Å². The molecule has 1 saturated carbocycles. The van der Waals surface area contributed by atoms with E-state index in [0.717, 1.165) is 31.4 Å². The third-order valence-corrected chi connectivity index (χ3v) is 5.97. The molecule has 2 rings (SSSR count). The van der Waals surface area contributed by atoms with Crippen LogP contribution in [0.25, 0.3) is 0 Å². The van der Waals surface area contributed by atoms with Gasteiger partial charge in [-0.3, -0.25) is 0 Å². The molecule has 0 bridgehead atoms. The summed E-state index contributed by atoms with van der Waals surface area (Å²) in [6, 6.07) is 2.14. The van der Waals surface area contributed by atoms with Crippen LogP contribution in [0.3, 0.4) is 0 Å². The third-order valence-electron chi connectivity index (χ3n) is 4.42. The average molecular weight is 313 g/mol. The molecule has 1 aliphatic carbocycles. The molecule has 0 saturated heterocycles. The van der Waals surface area contributed by atoms with Crippen molar-refractivity contribution in [1.82, 2.24) is 14.6 Å². The standard InChI is InChI=1S/C15H27N3O2S/c1-5-15(7-6-8-15)17-21(19,20)14-9-13(18(4)11-14)10-16-12(2)3/h9,11-12,16-17H,5-8,10H2,1-4H3. The number of hydrogen-bond donors (Lipinski definition) is 2. The normalized spacial score (nSPS) is 18.0. The molecule has 1 aliphatic rings. The lowest BCUT2D eigenvalue weighted by atomic mass is 9.76. The fourth-order valence-electron chi connectivity index (χ4n) is 2.68. The van der Waals surface area contributed by atoms with Crippen LogP contribution in [0.1, 0.15) is 52.1 Å². The maximum atomic E-state index is 12.6. The molecule has 0 atom stereocenters. The summed E-state index contributed by atoms with van der Waals surface area (Å²) in [5.41, 5.74) is 0.758. The topological polar surface area (TPSA) is 63.1 Å². The molecular formula is C15H27N3O2S. The lowest BCUT2D eigenvalue weighted by Crippen LogP contribution is -2.52. The Hall–Kier alpha value is -0.850. The molecular weight excluding hydrogens is 286 g/mol. The first-order valence-corrected chi connectivity index (χ1v) is 9.19. The first-order valence-electron chi connectivity index (χ1n) is 7.70. The molecule has 2 N–H and O–H groups in total. The molecule has 1 heterocycles. The van der Waals surface area contributed by atoms with Crippen LogP contribution in [-0.2, 0) is 23.6 Å². The van der Waals surface area contributed by atoms with Crippen molar-refractivity contribution in [3.05, 3.63) is 18.0 Å². The number of hydrogen-bond acceptors (Lipinski definition) is 3. The SMILES string of the molecule is CCC1(NS(=O)(=O)c2cc(CNC(C)C)n(C)c2)CCC1. The van der Waals surface area contributed by atoms with Gasteiger partial charge in [0.1, 0.15) is 0 Å². The number of aromatic nitrogens is 1. The van der Waals surface area contributed by atoms with Gasteiger partial charge in [0.25, 0.3) is 0 Å². The van der Waals surface area contributed by atoms with Gasteiger partial charge in [0, 0.05) is 37.1 Å². The van der Waals surface area contributed by atoms with E-state index in [1.165, 1.54) is 0 Å². The van der Waals surface area contributed by atoms with Crippen molar-refractivity contribution >= 4 is 10.0 Å². The fourth-order valence-corrected chi connectivity index (χ4v) is 4.31. The first-order chi connectivity index (χ1) is 9.78. The van der Waals surface area contributed by atoms with Gasteiger partial charge >= 0.3 is 0 Å². The van der Waals surface area contributed by atoms with Crippen LogP contribution >= 0.6 is 0 Å². The van der Waals surface area contributed by atoms with Gasteiger partial charge in [0.05, 0.1) is 4.90 Å². The predicted molar refractivity (Wildman–Crippen MR) is 84.6 cm³/mol. The molecule has 0 aromatic carbocycles. The molecule has 0 radical (unpaired) electrons. The Morgan fingerprint density at radius 1 is 1.38 bits per heavy atom. The number of aryl methyl sites for hydroxylation is 1. The number of nitrogens with one attached hydrogen (secondary N) is 2. The first kappa shape index (κ1) is 16.5. The number of rotatable bonds is 7. The van der Waals surface area contributed by atoms with Crippen molar-refractivity contribution in [3.8, 4) is 0 Å². The molecule has 5 nitrogen and oxygen atoms in total. The van der Waals surface area contributed by atoms with Crippen LogP contribution in [0.2, 0.25) is 0 Å². The number of nitrogens with zero attached hydrogens (tertiary/aromatic N) is 1. The zero-order valence-electron chi connectivity index (χ0n) is 13.4. The summed E-state index contributed by atoms with van der Waals surface area (Å²) in [5, 5.41) is 3.31. The van der Waals surface area contributed by atoms with Gasteiger partial charge in [-0.25, -0.2) is 13.1 Å². The Kier molecular flexibility index (Phi) is 4.80. The summed E-state index contributed by atoms with van der Waals surface area (Å²) in [7, 11) is -1.55. The highest BCUT2D eigenvalue weighted by Gasteiger charge is 2.39. The summed E-state index contributed by atoms with van der Waals surface area (Å²) < 4.78 is 29.9. The molecule has 1 aromatic heterocycles. The summed E-state index contributed by atoms with van der Waals surface area (Å²) in [5.74, 6) is 0. The molecule has 6 heteroatoms. The van der Waals surface area contributed by atoms with Crippen LogP contribution in [-0.4, -0.2) is 24.6 Å². The zero-order valence-corrected chi connectivity index (χ0v) is 14.3. The predicted octanol–water partition coefficient (Wildman–Crippen LogP) is 2.13. The van der Waals surface area contributed by atoms with Crippen LogP contribution in [0.5, 0.6) is 0 Å². The molecule has 0 unspecified atom stereocenters. The molecule has 0 aliphatic heterocycles. The van der Waals surface area contributed by atoms with E-state index in [1.807, 2.05) is 18.5 Å². The largest absolute Gasteiger partial charge is 0.352 e.